The first-order valence-corrected chi connectivity index (χ1v) is 7.81. The third-order valence-electron chi connectivity index (χ3n) is 2.97. The lowest BCUT2D eigenvalue weighted by atomic mass is 9.99. The van der Waals surface area contributed by atoms with Crippen molar-refractivity contribution in [2.45, 2.75) is 38.2 Å². The van der Waals surface area contributed by atoms with Crippen LogP contribution in [-0.4, -0.2) is 83.1 Å². The van der Waals surface area contributed by atoms with Gasteiger partial charge in [0, 0.05) is 33.5 Å². The molecule has 0 saturated carbocycles. The Morgan fingerprint density at radius 2 is 1.32 bits per heavy atom. The number of carboxylic acids is 3. The Morgan fingerprint density at radius 1 is 0.840 bits per heavy atom. The van der Waals surface area contributed by atoms with Gasteiger partial charge in [-0.1, -0.05) is 0 Å². The lowest BCUT2D eigenvalue weighted by molar-refractivity contribution is -0.164. The van der Waals surface area contributed by atoms with E-state index in [0.717, 1.165) is 46.0 Å². The Bertz CT molecular complexity index is 363. The average molecular weight is 368 g/mol. The Kier molecular flexibility index (Phi) is 17.4. The van der Waals surface area contributed by atoms with E-state index in [1.54, 1.807) is 0 Å². The van der Waals surface area contributed by atoms with E-state index in [1.165, 1.54) is 0 Å². The highest BCUT2D eigenvalue weighted by molar-refractivity contribution is 5.85. The zero-order chi connectivity index (χ0) is 19.7. The fourth-order valence-corrected chi connectivity index (χ4v) is 1.68. The third kappa shape index (κ3) is 15.5. The molecule has 0 fully saturated rings. The molecule has 0 spiro atoms. The number of hydrogen-bond acceptors (Lipinski definition) is 7. The number of hydrogen-bond donors (Lipinski definition) is 5. The SMILES string of the molecule is COC(C(=O)O)C(CC(=O)O)C(=O)O.OCCCCOCCCCO. The molecule has 25 heavy (non-hydrogen) atoms. The number of ether oxygens (including phenoxy) is 2. The minimum absolute atomic E-state index is 0.250. The molecule has 0 aliphatic heterocycles. The molecule has 0 aliphatic rings. The zero-order valence-electron chi connectivity index (χ0n) is 14.3. The van der Waals surface area contributed by atoms with Crippen molar-refractivity contribution in [1.29, 1.82) is 0 Å². The Morgan fingerprint density at radius 3 is 1.60 bits per heavy atom. The van der Waals surface area contributed by atoms with Gasteiger partial charge in [0.05, 0.1) is 6.42 Å². The summed E-state index contributed by atoms with van der Waals surface area (Å²) >= 11 is 0. The average Bonchev–Trinajstić information content (AvgIpc) is 2.53. The molecular weight excluding hydrogens is 340 g/mol. The van der Waals surface area contributed by atoms with Crippen LogP contribution in [0.5, 0.6) is 0 Å². The number of carbonyl (C=O) groups is 3. The van der Waals surface area contributed by atoms with Crippen LogP contribution in [0.4, 0.5) is 0 Å². The van der Waals surface area contributed by atoms with Crippen molar-refractivity contribution in [3.05, 3.63) is 0 Å². The van der Waals surface area contributed by atoms with Crippen LogP contribution < -0.4 is 0 Å². The van der Waals surface area contributed by atoms with Gasteiger partial charge in [0.1, 0.15) is 5.92 Å². The first-order valence-electron chi connectivity index (χ1n) is 7.81. The predicted molar refractivity (Wildman–Crippen MR) is 85.3 cm³/mol. The molecule has 0 aromatic heterocycles. The van der Waals surface area contributed by atoms with E-state index in [2.05, 4.69) is 4.74 Å². The molecule has 148 valence electrons. The molecule has 2 atom stereocenters. The van der Waals surface area contributed by atoms with Gasteiger partial charge < -0.3 is 35.0 Å². The summed E-state index contributed by atoms with van der Waals surface area (Å²) < 4.78 is 9.61. The van der Waals surface area contributed by atoms with Crippen molar-refractivity contribution in [2.24, 2.45) is 5.92 Å². The first-order chi connectivity index (χ1) is 11.8. The second-order valence-electron chi connectivity index (χ2n) is 5.01. The van der Waals surface area contributed by atoms with Crippen molar-refractivity contribution in [2.75, 3.05) is 33.5 Å². The molecule has 10 heteroatoms. The van der Waals surface area contributed by atoms with E-state index >= 15 is 0 Å². The summed E-state index contributed by atoms with van der Waals surface area (Å²) in [5.41, 5.74) is 0. The lowest BCUT2D eigenvalue weighted by Gasteiger charge is -2.16. The largest absolute Gasteiger partial charge is 0.481 e. The minimum Gasteiger partial charge on any atom is -0.481 e. The molecular formula is C15H28O10. The molecule has 0 heterocycles. The van der Waals surface area contributed by atoms with Crippen LogP contribution in [-0.2, 0) is 23.9 Å². The quantitative estimate of drug-likeness (QED) is 0.259. The molecule has 0 aliphatic carbocycles. The van der Waals surface area contributed by atoms with Crippen LogP contribution in [0.3, 0.4) is 0 Å². The molecule has 0 bridgehead atoms. The van der Waals surface area contributed by atoms with E-state index < -0.39 is 36.4 Å². The van der Waals surface area contributed by atoms with E-state index in [9.17, 15) is 14.4 Å². The molecule has 5 N–H and O–H groups in total. The van der Waals surface area contributed by atoms with Crippen molar-refractivity contribution in [3.8, 4) is 0 Å². The van der Waals surface area contributed by atoms with Gasteiger partial charge in [-0.3, -0.25) is 9.59 Å². The second-order valence-corrected chi connectivity index (χ2v) is 5.01. The van der Waals surface area contributed by atoms with Crippen LogP contribution in [0.15, 0.2) is 0 Å². The summed E-state index contributed by atoms with van der Waals surface area (Å²) in [6, 6.07) is 0. The van der Waals surface area contributed by atoms with E-state index in [1.807, 2.05) is 0 Å². The standard InChI is InChI=1S/C8H18O3.C7H10O7/c9-5-1-3-7-11-8-4-2-6-10;1-14-5(7(12)13)3(6(10)11)2-4(8)9/h9-10H,1-8H2;3,5H,2H2,1H3,(H,8,9)(H,10,11)(H,12,13). The van der Waals surface area contributed by atoms with E-state index in [4.69, 9.17) is 30.3 Å². The molecule has 0 aromatic rings. The smallest absolute Gasteiger partial charge is 0.333 e. The van der Waals surface area contributed by atoms with Crippen molar-refractivity contribution in [3.63, 3.8) is 0 Å². The molecule has 0 rings (SSSR count). The Labute approximate surface area is 146 Å². The summed E-state index contributed by atoms with van der Waals surface area (Å²) in [5, 5.41) is 42.3. The fourth-order valence-electron chi connectivity index (χ4n) is 1.68. The van der Waals surface area contributed by atoms with E-state index in [-0.39, 0.29) is 13.2 Å². The van der Waals surface area contributed by atoms with Crippen molar-refractivity contribution >= 4 is 17.9 Å². The van der Waals surface area contributed by atoms with Crippen LogP contribution in [0.1, 0.15) is 32.1 Å². The lowest BCUT2D eigenvalue weighted by Crippen LogP contribution is -2.37. The molecule has 0 aromatic carbocycles. The van der Waals surface area contributed by atoms with Gasteiger partial charge >= 0.3 is 17.9 Å². The number of unbranched alkanes of at least 4 members (excludes halogenated alkanes) is 2. The number of carboxylic acid groups (broad SMARTS) is 3. The highest BCUT2D eigenvalue weighted by atomic mass is 16.5. The van der Waals surface area contributed by atoms with Crippen LogP contribution in [0, 0.1) is 5.92 Å². The van der Waals surface area contributed by atoms with Gasteiger partial charge in [0.2, 0.25) is 0 Å². The van der Waals surface area contributed by atoms with Gasteiger partial charge in [-0.05, 0) is 25.7 Å². The normalized spacial score (nSPS) is 12.6. The number of rotatable bonds is 14. The van der Waals surface area contributed by atoms with Gasteiger partial charge in [-0.15, -0.1) is 0 Å². The molecule has 10 nitrogen and oxygen atoms in total. The second kappa shape index (κ2) is 17.1. The van der Waals surface area contributed by atoms with Crippen LogP contribution >= 0.6 is 0 Å². The summed E-state index contributed by atoms with van der Waals surface area (Å²) in [6.07, 6.45) is 1.05. The molecule has 0 radical (unpaired) electrons. The van der Waals surface area contributed by atoms with E-state index in [0.29, 0.717) is 0 Å². The molecule has 2 unspecified atom stereocenters. The first kappa shape index (κ1) is 25.5. The molecule has 0 saturated heterocycles. The third-order valence-corrected chi connectivity index (χ3v) is 2.97. The fraction of sp³-hybridized carbons (Fsp3) is 0.800. The van der Waals surface area contributed by atoms with Crippen LogP contribution in [0.25, 0.3) is 0 Å². The Balaban J connectivity index is 0. The van der Waals surface area contributed by atoms with Gasteiger partial charge in [0.15, 0.2) is 6.10 Å². The Hall–Kier alpha value is -1.75. The summed E-state index contributed by atoms with van der Waals surface area (Å²) in [5.74, 6) is -5.99. The summed E-state index contributed by atoms with van der Waals surface area (Å²) in [6.45, 7) is 1.96. The van der Waals surface area contributed by atoms with Gasteiger partial charge in [0.25, 0.3) is 0 Å². The number of aliphatic carboxylic acids is 3. The monoisotopic (exact) mass is 368 g/mol. The predicted octanol–water partition coefficient (Wildman–Crippen LogP) is -0.190. The highest BCUT2D eigenvalue weighted by Gasteiger charge is 2.35. The number of aliphatic hydroxyl groups is 2. The maximum Gasteiger partial charge on any atom is 0.333 e. The zero-order valence-corrected chi connectivity index (χ0v) is 14.3. The van der Waals surface area contributed by atoms with Crippen LogP contribution in [0.2, 0.25) is 0 Å². The summed E-state index contributed by atoms with van der Waals surface area (Å²) in [7, 11) is 1.01. The highest BCUT2D eigenvalue weighted by Crippen LogP contribution is 2.13. The molecule has 0 amide bonds. The van der Waals surface area contributed by atoms with Crippen molar-refractivity contribution < 1.29 is 49.4 Å². The van der Waals surface area contributed by atoms with Gasteiger partial charge in [-0.25, -0.2) is 4.79 Å². The topological polar surface area (TPSA) is 171 Å². The summed E-state index contributed by atoms with van der Waals surface area (Å²) in [4.78, 5) is 31.3. The number of aliphatic hydroxyl groups excluding tert-OH is 2. The number of methoxy groups -OCH3 is 1. The maximum atomic E-state index is 10.5. The minimum atomic E-state index is -1.65. The van der Waals surface area contributed by atoms with Gasteiger partial charge in [-0.2, -0.15) is 0 Å². The van der Waals surface area contributed by atoms with Crippen molar-refractivity contribution in [1.82, 2.24) is 0 Å². The maximum absolute atomic E-state index is 10.5.